The molecular weight excluding hydrogens is 363 g/mol. The number of esters is 1. The van der Waals surface area contributed by atoms with Gasteiger partial charge in [0.25, 0.3) is 0 Å². The summed E-state index contributed by atoms with van der Waals surface area (Å²) in [6.07, 6.45) is -4.56. The number of aryl methyl sites for hydroxylation is 1. The van der Waals surface area contributed by atoms with Crippen LogP contribution in [0.15, 0.2) is 42.5 Å². The van der Waals surface area contributed by atoms with E-state index >= 15 is 0 Å². The second kappa shape index (κ2) is 7.65. The van der Waals surface area contributed by atoms with E-state index in [2.05, 4.69) is 15.0 Å². The summed E-state index contributed by atoms with van der Waals surface area (Å²) in [5, 5.41) is 8.08. The average molecular weight is 379 g/mol. The predicted molar refractivity (Wildman–Crippen MR) is 90.9 cm³/mol. The van der Waals surface area contributed by atoms with Crippen molar-refractivity contribution in [3.8, 4) is 16.9 Å². The lowest BCUT2D eigenvalue weighted by atomic mass is 10.0. The van der Waals surface area contributed by atoms with E-state index in [9.17, 15) is 18.0 Å². The number of rotatable bonds is 6. The molecule has 27 heavy (non-hydrogen) atoms. The first-order valence-corrected chi connectivity index (χ1v) is 8.21. The molecule has 0 spiro atoms. The van der Waals surface area contributed by atoms with E-state index in [1.54, 1.807) is 23.7 Å². The SMILES string of the molecule is CCOC(=O)CCn1nnc2ccc(-c3ccc(OC(F)(F)F)cc3)cc21. The Bertz CT molecular complexity index is 936. The van der Waals surface area contributed by atoms with Crippen LogP contribution < -0.4 is 4.74 Å². The summed E-state index contributed by atoms with van der Waals surface area (Å²) in [6.45, 7) is 2.37. The fraction of sp³-hybridized carbons (Fsp3) is 0.278. The largest absolute Gasteiger partial charge is 0.573 e. The van der Waals surface area contributed by atoms with Gasteiger partial charge < -0.3 is 9.47 Å². The van der Waals surface area contributed by atoms with E-state index in [1.807, 2.05) is 6.07 Å². The van der Waals surface area contributed by atoms with E-state index in [0.717, 1.165) is 5.56 Å². The van der Waals surface area contributed by atoms with Gasteiger partial charge in [-0.3, -0.25) is 4.79 Å². The van der Waals surface area contributed by atoms with Gasteiger partial charge in [-0.15, -0.1) is 18.3 Å². The molecule has 0 radical (unpaired) electrons. The van der Waals surface area contributed by atoms with E-state index in [0.29, 0.717) is 29.7 Å². The van der Waals surface area contributed by atoms with Crippen LogP contribution in [-0.4, -0.2) is 33.9 Å². The van der Waals surface area contributed by atoms with Gasteiger partial charge in [-0.2, -0.15) is 0 Å². The highest BCUT2D eigenvalue weighted by atomic mass is 19.4. The molecule has 0 aliphatic heterocycles. The summed E-state index contributed by atoms with van der Waals surface area (Å²) in [7, 11) is 0. The Hall–Kier alpha value is -3.10. The van der Waals surface area contributed by atoms with Gasteiger partial charge in [-0.1, -0.05) is 23.4 Å². The van der Waals surface area contributed by atoms with Crippen molar-refractivity contribution in [1.29, 1.82) is 0 Å². The maximum atomic E-state index is 12.3. The normalized spacial score (nSPS) is 11.6. The Labute approximate surface area is 152 Å². The molecule has 3 aromatic rings. The van der Waals surface area contributed by atoms with Gasteiger partial charge in [0.05, 0.1) is 25.1 Å². The average Bonchev–Trinajstić information content (AvgIpc) is 3.02. The number of alkyl halides is 3. The number of hydrogen-bond acceptors (Lipinski definition) is 5. The van der Waals surface area contributed by atoms with Crippen LogP contribution in [0.3, 0.4) is 0 Å². The van der Waals surface area contributed by atoms with Gasteiger partial charge >= 0.3 is 12.3 Å². The van der Waals surface area contributed by atoms with Gasteiger partial charge in [0.2, 0.25) is 0 Å². The zero-order valence-corrected chi connectivity index (χ0v) is 14.4. The number of aromatic nitrogens is 3. The molecule has 0 atom stereocenters. The fourth-order valence-corrected chi connectivity index (χ4v) is 2.59. The highest BCUT2D eigenvalue weighted by Crippen LogP contribution is 2.28. The third-order valence-electron chi connectivity index (χ3n) is 3.77. The fourth-order valence-electron chi connectivity index (χ4n) is 2.59. The molecule has 3 rings (SSSR count). The molecule has 0 fully saturated rings. The first-order valence-electron chi connectivity index (χ1n) is 8.21. The van der Waals surface area contributed by atoms with Gasteiger partial charge in [-0.25, -0.2) is 4.68 Å². The molecule has 9 heteroatoms. The Morgan fingerprint density at radius 2 is 1.81 bits per heavy atom. The molecular formula is C18H16F3N3O3. The Kier molecular flexibility index (Phi) is 5.29. The second-order valence-corrected chi connectivity index (χ2v) is 5.64. The third-order valence-corrected chi connectivity index (χ3v) is 3.77. The molecule has 1 heterocycles. The van der Waals surface area contributed by atoms with Gasteiger partial charge in [0.1, 0.15) is 11.3 Å². The highest BCUT2D eigenvalue weighted by Gasteiger charge is 2.30. The van der Waals surface area contributed by atoms with Crippen LogP contribution in [0.25, 0.3) is 22.2 Å². The smallest absolute Gasteiger partial charge is 0.466 e. The number of hydrogen-bond donors (Lipinski definition) is 0. The zero-order chi connectivity index (χ0) is 19.4. The third kappa shape index (κ3) is 4.75. The molecule has 6 nitrogen and oxygen atoms in total. The molecule has 0 unspecified atom stereocenters. The highest BCUT2D eigenvalue weighted by molar-refractivity contribution is 5.81. The maximum Gasteiger partial charge on any atom is 0.573 e. The summed E-state index contributed by atoms with van der Waals surface area (Å²) >= 11 is 0. The molecule has 142 valence electrons. The minimum Gasteiger partial charge on any atom is -0.466 e. The second-order valence-electron chi connectivity index (χ2n) is 5.64. The van der Waals surface area contributed by atoms with Crippen molar-refractivity contribution in [1.82, 2.24) is 15.0 Å². The molecule has 0 aliphatic rings. The summed E-state index contributed by atoms with van der Waals surface area (Å²) in [4.78, 5) is 11.5. The summed E-state index contributed by atoms with van der Waals surface area (Å²) in [6, 6.07) is 11.0. The van der Waals surface area contributed by atoms with Crippen LogP contribution in [-0.2, 0) is 16.1 Å². The number of carbonyl (C=O) groups excluding carboxylic acids is 1. The van der Waals surface area contributed by atoms with Crippen molar-refractivity contribution >= 4 is 17.0 Å². The van der Waals surface area contributed by atoms with Crippen LogP contribution in [0, 0.1) is 0 Å². The van der Waals surface area contributed by atoms with E-state index in [1.165, 1.54) is 24.3 Å². The zero-order valence-electron chi connectivity index (χ0n) is 14.4. The van der Waals surface area contributed by atoms with Crippen LogP contribution in [0.2, 0.25) is 0 Å². The van der Waals surface area contributed by atoms with Gasteiger partial charge in [0.15, 0.2) is 0 Å². The van der Waals surface area contributed by atoms with E-state index in [-0.39, 0.29) is 18.1 Å². The van der Waals surface area contributed by atoms with Crippen molar-refractivity contribution in [3.05, 3.63) is 42.5 Å². The molecule has 2 aromatic carbocycles. The molecule has 1 aromatic heterocycles. The number of benzene rings is 2. The standard InChI is InChI=1S/C18H16F3N3O3/c1-2-26-17(25)9-10-24-16-11-13(5-8-15(16)22-23-24)12-3-6-14(7-4-12)27-18(19,20)21/h3-8,11H,2,9-10H2,1H3. The topological polar surface area (TPSA) is 66.2 Å². The minimum absolute atomic E-state index is 0.167. The van der Waals surface area contributed by atoms with Crippen LogP contribution in [0.4, 0.5) is 13.2 Å². The molecule has 0 bridgehead atoms. The summed E-state index contributed by atoms with van der Waals surface area (Å²) < 4.78 is 47.1. The lowest BCUT2D eigenvalue weighted by Crippen LogP contribution is -2.16. The molecule has 0 saturated carbocycles. The van der Waals surface area contributed by atoms with Crippen molar-refractivity contribution in [3.63, 3.8) is 0 Å². The number of nitrogens with zero attached hydrogens (tertiary/aromatic N) is 3. The predicted octanol–water partition coefficient (Wildman–Crippen LogP) is 3.95. The lowest BCUT2D eigenvalue weighted by molar-refractivity contribution is -0.274. The van der Waals surface area contributed by atoms with Gasteiger partial charge in [0, 0.05) is 0 Å². The first-order chi connectivity index (χ1) is 12.9. The van der Waals surface area contributed by atoms with Crippen molar-refractivity contribution in [2.45, 2.75) is 26.3 Å². The summed E-state index contributed by atoms with van der Waals surface area (Å²) in [5.74, 6) is -0.606. The van der Waals surface area contributed by atoms with Gasteiger partial charge in [-0.05, 0) is 42.3 Å². The van der Waals surface area contributed by atoms with E-state index in [4.69, 9.17) is 4.74 Å². The number of fused-ring (bicyclic) bond motifs is 1. The molecule has 0 amide bonds. The Balaban J connectivity index is 1.81. The number of ether oxygens (including phenoxy) is 2. The molecule has 0 saturated heterocycles. The van der Waals surface area contributed by atoms with Crippen LogP contribution >= 0.6 is 0 Å². The Morgan fingerprint density at radius 3 is 2.48 bits per heavy atom. The van der Waals surface area contributed by atoms with Crippen LogP contribution in [0.5, 0.6) is 5.75 Å². The lowest BCUT2D eigenvalue weighted by Gasteiger charge is -2.09. The van der Waals surface area contributed by atoms with Crippen molar-refractivity contribution < 1.29 is 27.4 Å². The molecule has 0 aliphatic carbocycles. The number of carbonyl (C=O) groups is 1. The monoisotopic (exact) mass is 379 g/mol. The van der Waals surface area contributed by atoms with E-state index < -0.39 is 6.36 Å². The quantitative estimate of drug-likeness (QED) is 0.607. The minimum atomic E-state index is -4.72. The van der Waals surface area contributed by atoms with Crippen molar-refractivity contribution in [2.75, 3.05) is 6.61 Å². The number of halogens is 3. The molecule has 0 N–H and O–H groups in total. The van der Waals surface area contributed by atoms with Crippen LogP contribution in [0.1, 0.15) is 13.3 Å². The van der Waals surface area contributed by atoms with Crippen molar-refractivity contribution in [2.24, 2.45) is 0 Å². The summed E-state index contributed by atoms with van der Waals surface area (Å²) in [5.41, 5.74) is 2.86. The first kappa shape index (κ1) is 18.7. The maximum absolute atomic E-state index is 12.3. The Morgan fingerprint density at radius 1 is 1.11 bits per heavy atom.